The molecule has 0 radical (unpaired) electrons. The summed E-state index contributed by atoms with van der Waals surface area (Å²) in [6.07, 6.45) is 1.68. The molecule has 2 N–H and O–H groups in total. The minimum absolute atomic E-state index is 0.0481. The first-order valence-corrected chi connectivity index (χ1v) is 7.25. The number of carbonyl (C=O) groups is 1. The summed E-state index contributed by atoms with van der Waals surface area (Å²) in [4.78, 5) is 11.9. The van der Waals surface area contributed by atoms with Crippen molar-refractivity contribution in [1.29, 1.82) is 0 Å². The van der Waals surface area contributed by atoms with Gasteiger partial charge in [-0.2, -0.15) is 0 Å². The summed E-state index contributed by atoms with van der Waals surface area (Å²) in [6.45, 7) is 6.13. The average molecular weight is 279 g/mol. The van der Waals surface area contributed by atoms with E-state index in [4.69, 9.17) is 15.2 Å². The van der Waals surface area contributed by atoms with E-state index in [0.29, 0.717) is 13.0 Å². The first-order chi connectivity index (χ1) is 9.58. The van der Waals surface area contributed by atoms with Crippen LogP contribution in [0.5, 0.6) is 5.75 Å². The minimum atomic E-state index is -0.547. The summed E-state index contributed by atoms with van der Waals surface area (Å²) in [5, 5.41) is 0. The maximum absolute atomic E-state index is 11.9. The lowest BCUT2D eigenvalue weighted by Gasteiger charge is -2.19. The number of para-hydroxylation sites is 1. The van der Waals surface area contributed by atoms with Gasteiger partial charge in [-0.3, -0.25) is 0 Å². The fraction of sp³-hybridized carbons (Fsp3) is 0.562. The SMILES string of the molecule is CCCC(Oc1ccccc1CC(C)N)C(=O)OCC. The molecule has 0 fully saturated rings. The van der Waals surface area contributed by atoms with Gasteiger partial charge in [-0.05, 0) is 38.3 Å². The molecule has 0 aromatic heterocycles. The maximum Gasteiger partial charge on any atom is 0.347 e. The third-order valence-electron chi connectivity index (χ3n) is 2.88. The van der Waals surface area contributed by atoms with Crippen LogP contribution in [0.15, 0.2) is 24.3 Å². The quantitative estimate of drug-likeness (QED) is 0.743. The molecule has 0 heterocycles. The number of carbonyl (C=O) groups excluding carboxylic acids is 1. The van der Waals surface area contributed by atoms with E-state index in [2.05, 4.69) is 0 Å². The number of rotatable bonds is 8. The van der Waals surface area contributed by atoms with Crippen LogP contribution in [0.2, 0.25) is 0 Å². The molecular formula is C16H25NO3. The molecule has 112 valence electrons. The van der Waals surface area contributed by atoms with Gasteiger partial charge in [-0.25, -0.2) is 4.79 Å². The smallest absolute Gasteiger partial charge is 0.347 e. The molecule has 0 saturated carbocycles. The summed E-state index contributed by atoms with van der Waals surface area (Å²) in [5.41, 5.74) is 6.86. The van der Waals surface area contributed by atoms with Gasteiger partial charge in [0.25, 0.3) is 0 Å². The second kappa shape index (κ2) is 8.59. The Balaban J connectivity index is 2.84. The van der Waals surface area contributed by atoms with Gasteiger partial charge in [0.15, 0.2) is 6.10 Å². The lowest BCUT2D eigenvalue weighted by Crippen LogP contribution is -2.30. The van der Waals surface area contributed by atoms with E-state index in [1.807, 2.05) is 38.1 Å². The standard InChI is InChI=1S/C16H25NO3/c1-4-8-15(16(18)19-5-2)20-14-10-7-6-9-13(14)11-12(3)17/h6-7,9-10,12,15H,4-5,8,11,17H2,1-3H3. The van der Waals surface area contributed by atoms with Crippen LogP contribution < -0.4 is 10.5 Å². The second-order valence-electron chi connectivity index (χ2n) is 4.94. The Kier molecular flexibility index (Phi) is 7.09. The van der Waals surface area contributed by atoms with E-state index in [1.165, 1.54) is 0 Å². The molecule has 1 aromatic rings. The molecule has 0 saturated heterocycles. The van der Waals surface area contributed by atoms with Crippen LogP contribution in [-0.4, -0.2) is 24.7 Å². The molecule has 4 nitrogen and oxygen atoms in total. The Hall–Kier alpha value is -1.55. The van der Waals surface area contributed by atoms with E-state index < -0.39 is 6.10 Å². The molecule has 0 aliphatic heterocycles. The zero-order valence-corrected chi connectivity index (χ0v) is 12.6. The zero-order chi connectivity index (χ0) is 15.0. The predicted molar refractivity (Wildman–Crippen MR) is 79.8 cm³/mol. The van der Waals surface area contributed by atoms with Gasteiger partial charge in [0.05, 0.1) is 6.61 Å². The molecule has 0 spiro atoms. The van der Waals surface area contributed by atoms with Crippen LogP contribution in [0.1, 0.15) is 39.2 Å². The summed E-state index contributed by atoms with van der Waals surface area (Å²) >= 11 is 0. The molecule has 0 aliphatic rings. The first kappa shape index (κ1) is 16.5. The Labute approximate surface area is 121 Å². The zero-order valence-electron chi connectivity index (χ0n) is 12.6. The molecular weight excluding hydrogens is 254 g/mol. The van der Waals surface area contributed by atoms with Crippen molar-refractivity contribution >= 4 is 5.97 Å². The van der Waals surface area contributed by atoms with E-state index in [1.54, 1.807) is 6.92 Å². The highest BCUT2D eigenvalue weighted by Crippen LogP contribution is 2.22. The van der Waals surface area contributed by atoms with Crippen molar-refractivity contribution in [2.24, 2.45) is 5.73 Å². The lowest BCUT2D eigenvalue weighted by atomic mass is 10.1. The molecule has 20 heavy (non-hydrogen) atoms. The van der Waals surface area contributed by atoms with Crippen molar-refractivity contribution in [2.75, 3.05) is 6.61 Å². The number of hydrogen-bond donors (Lipinski definition) is 1. The van der Waals surface area contributed by atoms with Crippen molar-refractivity contribution in [1.82, 2.24) is 0 Å². The number of esters is 1. The van der Waals surface area contributed by atoms with E-state index >= 15 is 0 Å². The topological polar surface area (TPSA) is 61.5 Å². The van der Waals surface area contributed by atoms with Crippen LogP contribution >= 0.6 is 0 Å². The Morgan fingerprint density at radius 1 is 1.30 bits per heavy atom. The van der Waals surface area contributed by atoms with Crippen molar-refractivity contribution in [3.8, 4) is 5.75 Å². The second-order valence-corrected chi connectivity index (χ2v) is 4.94. The van der Waals surface area contributed by atoms with Gasteiger partial charge in [0, 0.05) is 6.04 Å². The molecule has 0 bridgehead atoms. The van der Waals surface area contributed by atoms with Gasteiger partial charge in [0.1, 0.15) is 5.75 Å². The van der Waals surface area contributed by atoms with E-state index in [9.17, 15) is 4.79 Å². The molecule has 2 unspecified atom stereocenters. The van der Waals surface area contributed by atoms with Crippen molar-refractivity contribution < 1.29 is 14.3 Å². The number of hydrogen-bond acceptors (Lipinski definition) is 4. The maximum atomic E-state index is 11.9. The molecule has 0 aliphatic carbocycles. The lowest BCUT2D eigenvalue weighted by molar-refractivity contribution is -0.151. The molecule has 0 amide bonds. The van der Waals surface area contributed by atoms with E-state index in [0.717, 1.165) is 24.2 Å². The first-order valence-electron chi connectivity index (χ1n) is 7.25. The van der Waals surface area contributed by atoms with Gasteiger partial charge in [-0.1, -0.05) is 31.5 Å². The fourth-order valence-corrected chi connectivity index (χ4v) is 2.01. The molecule has 1 aromatic carbocycles. The predicted octanol–water partition coefficient (Wildman–Crippen LogP) is 2.69. The number of benzene rings is 1. The largest absolute Gasteiger partial charge is 0.478 e. The summed E-state index contributed by atoms with van der Waals surface area (Å²) in [6, 6.07) is 7.75. The Morgan fingerprint density at radius 3 is 2.60 bits per heavy atom. The molecule has 4 heteroatoms. The number of ether oxygens (including phenoxy) is 2. The van der Waals surface area contributed by atoms with Crippen LogP contribution in [0.25, 0.3) is 0 Å². The Morgan fingerprint density at radius 2 is 2.00 bits per heavy atom. The highest BCUT2D eigenvalue weighted by Gasteiger charge is 2.22. The summed E-state index contributed by atoms with van der Waals surface area (Å²) in [7, 11) is 0. The van der Waals surface area contributed by atoms with Crippen LogP contribution in [0, 0.1) is 0 Å². The highest BCUT2D eigenvalue weighted by molar-refractivity contribution is 5.75. The van der Waals surface area contributed by atoms with Gasteiger partial charge in [0.2, 0.25) is 0 Å². The van der Waals surface area contributed by atoms with Crippen molar-refractivity contribution in [2.45, 2.75) is 52.2 Å². The third kappa shape index (κ3) is 5.21. The van der Waals surface area contributed by atoms with Gasteiger partial charge < -0.3 is 15.2 Å². The van der Waals surface area contributed by atoms with Gasteiger partial charge >= 0.3 is 5.97 Å². The van der Waals surface area contributed by atoms with Crippen molar-refractivity contribution in [3.63, 3.8) is 0 Å². The Bertz CT molecular complexity index is 418. The van der Waals surface area contributed by atoms with Crippen LogP contribution in [0.4, 0.5) is 0 Å². The molecule has 1 rings (SSSR count). The molecule has 2 atom stereocenters. The van der Waals surface area contributed by atoms with E-state index in [-0.39, 0.29) is 12.0 Å². The third-order valence-corrected chi connectivity index (χ3v) is 2.88. The summed E-state index contributed by atoms with van der Waals surface area (Å²) in [5.74, 6) is 0.418. The normalized spacial score (nSPS) is 13.6. The number of nitrogens with two attached hydrogens (primary N) is 1. The fourth-order valence-electron chi connectivity index (χ4n) is 2.01. The monoisotopic (exact) mass is 279 g/mol. The van der Waals surface area contributed by atoms with Crippen LogP contribution in [0.3, 0.4) is 0 Å². The summed E-state index contributed by atoms with van der Waals surface area (Å²) < 4.78 is 10.9. The van der Waals surface area contributed by atoms with Gasteiger partial charge in [-0.15, -0.1) is 0 Å². The highest BCUT2D eigenvalue weighted by atomic mass is 16.6. The minimum Gasteiger partial charge on any atom is -0.478 e. The van der Waals surface area contributed by atoms with Crippen molar-refractivity contribution in [3.05, 3.63) is 29.8 Å². The average Bonchev–Trinajstić information content (AvgIpc) is 2.40. The van der Waals surface area contributed by atoms with Crippen LogP contribution in [-0.2, 0) is 16.0 Å².